The molecule has 0 saturated heterocycles. The first-order chi connectivity index (χ1) is 7.67. The molecule has 0 spiro atoms. The van der Waals surface area contributed by atoms with E-state index >= 15 is 0 Å². The van der Waals surface area contributed by atoms with Gasteiger partial charge >= 0.3 is 0 Å². The first kappa shape index (κ1) is 10.2. The molecule has 0 radical (unpaired) electrons. The molecule has 2 aliphatic carbocycles. The standard InChI is InChI=1S/C14H18O2/c1-14(8-9-14)13(15)10-2-4-11(5-3-10)16-12-6-7-12/h2-5,12-13,15H,6-9H2,1H3. The normalized spacial score (nSPS) is 23.9. The Balaban J connectivity index is 1.71. The second-order valence-corrected chi connectivity index (χ2v) is 5.44. The van der Waals surface area contributed by atoms with E-state index in [-0.39, 0.29) is 11.5 Å². The summed E-state index contributed by atoms with van der Waals surface area (Å²) in [7, 11) is 0. The lowest BCUT2D eigenvalue weighted by atomic mass is 9.95. The molecular formula is C14H18O2. The van der Waals surface area contributed by atoms with Crippen LogP contribution in [-0.4, -0.2) is 11.2 Å². The lowest BCUT2D eigenvalue weighted by Gasteiger charge is -2.18. The average Bonchev–Trinajstić information content (AvgIpc) is 3.18. The van der Waals surface area contributed by atoms with Crippen LogP contribution in [0.2, 0.25) is 0 Å². The first-order valence-electron chi connectivity index (χ1n) is 6.12. The fourth-order valence-corrected chi connectivity index (χ4v) is 1.98. The minimum atomic E-state index is -0.317. The number of aliphatic hydroxyl groups excluding tert-OH is 1. The Morgan fingerprint density at radius 2 is 1.88 bits per heavy atom. The Hall–Kier alpha value is -1.02. The molecule has 2 fully saturated rings. The van der Waals surface area contributed by atoms with Gasteiger partial charge in [0, 0.05) is 0 Å². The van der Waals surface area contributed by atoms with Gasteiger partial charge in [-0.05, 0) is 48.8 Å². The Bertz CT molecular complexity index is 374. The minimum absolute atomic E-state index is 0.124. The maximum Gasteiger partial charge on any atom is 0.119 e. The van der Waals surface area contributed by atoms with Gasteiger partial charge in [-0.25, -0.2) is 0 Å². The SMILES string of the molecule is CC1(C(O)c2ccc(OC3CC3)cc2)CC1. The number of aliphatic hydroxyl groups is 1. The van der Waals surface area contributed by atoms with Crippen molar-refractivity contribution in [2.75, 3.05) is 0 Å². The van der Waals surface area contributed by atoms with Gasteiger partial charge in [-0.3, -0.25) is 0 Å². The highest BCUT2D eigenvalue weighted by Gasteiger charge is 2.44. The molecule has 0 aliphatic heterocycles. The highest BCUT2D eigenvalue weighted by atomic mass is 16.5. The summed E-state index contributed by atoms with van der Waals surface area (Å²) in [4.78, 5) is 0. The van der Waals surface area contributed by atoms with Crippen LogP contribution in [-0.2, 0) is 0 Å². The van der Waals surface area contributed by atoms with Crippen LogP contribution in [0.5, 0.6) is 5.75 Å². The van der Waals surface area contributed by atoms with Crippen molar-refractivity contribution < 1.29 is 9.84 Å². The lowest BCUT2D eigenvalue weighted by Crippen LogP contribution is -2.09. The van der Waals surface area contributed by atoms with Gasteiger partial charge in [0.1, 0.15) is 5.75 Å². The summed E-state index contributed by atoms with van der Waals surface area (Å²) in [6, 6.07) is 7.93. The highest BCUT2D eigenvalue weighted by Crippen LogP contribution is 2.54. The van der Waals surface area contributed by atoms with Gasteiger partial charge in [-0.15, -0.1) is 0 Å². The van der Waals surface area contributed by atoms with E-state index in [1.807, 2.05) is 24.3 Å². The topological polar surface area (TPSA) is 29.5 Å². The Labute approximate surface area is 96.2 Å². The number of hydrogen-bond acceptors (Lipinski definition) is 2. The van der Waals surface area contributed by atoms with Gasteiger partial charge in [0.2, 0.25) is 0 Å². The molecular weight excluding hydrogens is 200 g/mol. The van der Waals surface area contributed by atoms with E-state index < -0.39 is 0 Å². The van der Waals surface area contributed by atoms with Crippen molar-refractivity contribution in [1.29, 1.82) is 0 Å². The predicted octanol–water partition coefficient (Wildman–Crippen LogP) is 3.06. The molecule has 1 aromatic carbocycles. The van der Waals surface area contributed by atoms with Gasteiger partial charge in [0.15, 0.2) is 0 Å². The summed E-state index contributed by atoms with van der Waals surface area (Å²) in [5.41, 5.74) is 1.14. The summed E-state index contributed by atoms with van der Waals surface area (Å²) in [6.07, 6.45) is 4.76. The second kappa shape index (κ2) is 3.49. The molecule has 2 heteroatoms. The van der Waals surface area contributed by atoms with Crippen LogP contribution in [0.15, 0.2) is 24.3 Å². The van der Waals surface area contributed by atoms with Crippen molar-refractivity contribution in [3.05, 3.63) is 29.8 Å². The van der Waals surface area contributed by atoms with E-state index in [1.54, 1.807) is 0 Å². The largest absolute Gasteiger partial charge is 0.490 e. The molecule has 2 aliphatic rings. The predicted molar refractivity (Wildman–Crippen MR) is 62.4 cm³/mol. The third-order valence-electron chi connectivity index (χ3n) is 3.72. The fourth-order valence-electron chi connectivity index (χ4n) is 1.98. The molecule has 0 aromatic heterocycles. The van der Waals surface area contributed by atoms with Crippen molar-refractivity contribution >= 4 is 0 Å². The number of benzene rings is 1. The summed E-state index contributed by atoms with van der Waals surface area (Å²) in [5, 5.41) is 10.2. The van der Waals surface area contributed by atoms with Crippen LogP contribution in [0.25, 0.3) is 0 Å². The molecule has 1 N–H and O–H groups in total. The molecule has 0 bridgehead atoms. The summed E-state index contributed by atoms with van der Waals surface area (Å²) in [5.74, 6) is 0.930. The van der Waals surface area contributed by atoms with Crippen LogP contribution < -0.4 is 4.74 Å². The van der Waals surface area contributed by atoms with Crippen LogP contribution in [0.4, 0.5) is 0 Å². The van der Waals surface area contributed by atoms with Crippen molar-refractivity contribution in [1.82, 2.24) is 0 Å². The van der Waals surface area contributed by atoms with E-state index in [1.165, 1.54) is 12.8 Å². The van der Waals surface area contributed by atoms with E-state index in [9.17, 15) is 5.11 Å². The van der Waals surface area contributed by atoms with E-state index in [4.69, 9.17) is 4.74 Å². The highest BCUT2D eigenvalue weighted by molar-refractivity contribution is 5.30. The van der Waals surface area contributed by atoms with Gasteiger partial charge in [-0.2, -0.15) is 0 Å². The van der Waals surface area contributed by atoms with Gasteiger partial charge < -0.3 is 9.84 Å². The fraction of sp³-hybridized carbons (Fsp3) is 0.571. The zero-order valence-corrected chi connectivity index (χ0v) is 9.65. The maximum atomic E-state index is 10.2. The summed E-state index contributed by atoms with van der Waals surface area (Å²) in [6.45, 7) is 2.15. The molecule has 2 saturated carbocycles. The Morgan fingerprint density at radius 3 is 2.38 bits per heavy atom. The van der Waals surface area contributed by atoms with E-state index in [2.05, 4.69) is 6.92 Å². The molecule has 16 heavy (non-hydrogen) atoms. The first-order valence-corrected chi connectivity index (χ1v) is 6.12. The van der Waals surface area contributed by atoms with Crippen LogP contribution in [0.3, 0.4) is 0 Å². The smallest absolute Gasteiger partial charge is 0.119 e. The molecule has 1 aromatic rings. The van der Waals surface area contributed by atoms with Crippen molar-refractivity contribution in [2.45, 2.75) is 44.8 Å². The Morgan fingerprint density at radius 1 is 1.25 bits per heavy atom. The summed E-state index contributed by atoms with van der Waals surface area (Å²) < 4.78 is 5.68. The minimum Gasteiger partial charge on any atom is -0.490 e. The number of rotatable bonds is 4. The third kappa shape index (κ3) is 1.94. The van der Waals surface area contributed by atoms with E-state index in [0.29, 0.717) is 6.10 Å². The van der Waals surface area contributed by atoms with Crippen molar-refractivity contribution in [3.8, 4) is 5.75 Å². The Kier molecular flexibility index (Phi) is 2.21. The summed E-state index contributed by atoms with van der Waals surface area (Å²) >= 11 is 0. The van der Waals surface area contributed by atoms with Crippen LogP contribution in [0.1, 0.15) is 44.3 Å². The number of hydrogen-bond donors (Lipinski definition) is 1. The van der Waals surface area contributed by atoms with Crippen LogP contribution >= 0.6 is 0 Å². The molecule has 1 atom stereocenters. The lowest BCUT2D eigenvalue weighted by molar-refractivity contribution is 0.103. The monoisotopic (exact) mass is 218 g/mol. The maximum absolute atomic E-state index is 10.2. The molecule has 2 nitrogen and oxygen atoms in total. The average molecular weight is 218 g/mol. The van der Waals surface area contributed by atoms with Gasteiger partial charge in [-0.1, -0.05) is 19.1 Å². The third-order valence-corrected chi connectivity index (χ3v) is 3.72. The molecule has 3 rings (SSSR count). The van der Waals surface area contributed by atoms with Crippen LogP contribution in [0, 0.1) is 5.41 Å². The molecule has 0 heterocycles. The van der Waals surface area contributed by atoms with Gasteiger partial charge in [0.25, 0.3) is 0 Å². The molecule has 0 amide bonds. The van der Waals surface area contributed by atoms with E-state index in [0.717, 1.165) is 24.2 Å². The zero-order valence-electron chi connectivity index (χ0n) is 9.65. The quantitative estimate of drug-likeness (QED) is 0.841. The zero-order chi connectivity index (χ0) is 11.2. The van der Waals surface area contributed by atoms with Crippen molar-refractivity contribution in [3.63, 3.8) is 0 Å². The molecule has 86 valence electrons. The molecule has 1 unspecified atom stereocenters. The second-order valence-electron chi connectivity index (χ2n) is 5.44. The van der Waals surface area contributed by atoms with Crippen molar-refractivity contribution in [2.24, 2.45) is 5.41 Å². The number of ether oxygens (including phenoxy) is 1. The van der Waals surface area contributed by atoms with Gasteiger partial charge in [0.05, 0.1) is 12.2 Å².